The van der Waals surface area contributed by atoms with Gasteiger partial charge in [0.05, 0.1) is 16.7 Å². The average Bonchev–Trinajstić information content (AvgIpc) is 3.69. The van der Waals surface area contributed by atoms with Gasteiger partial charge in [-0.15, -0.1) is 0 Å². The number of fused-ring (bicyclic) bond motifs is 3. The molecule has 0 bridgehead atoms. The predicted octanol–water partition coefficient (Wildman–Crippen LogP) is 12.8. The Kier molecular flexibility index (Phi) is 9.61. The maximum Gasteiger partial charge on any atom is 0.179 e. The highest BCUT2D eigenvalue weighted by atomic mass is 28.3. The van der Waals surface area contributed by atoms with Crippen molar-refractivity contribution in [1.29, 1.82) is 0 Å². The first-order chi connectivity index (χ1) is 30.8. The molecular formula is C60H43NSi. The topological polar surface area (TPSA) is 4.93 Å². The van der Waals surface area contributed by atoms with Gasteiger partial charge in [0.2, 0.25) is 0 Å². The summed E-state index contributed by atoms with van der Waals surface area (Å²) in [4.78, 5) is 0. The zero-order valence-corrected chi connectivity index (χ0v) is 35.3. The first-order valence-corrected chi connectivity index (χ1v) is 23.4. The quantitative estimate of drug-likeness (QED) is 0.101. The van der Waals surface area contributed by atoms with Crippen LogP contribution in [-0.4, -0.2) is 12.6 Å². The van der Waals surface area contributed by atoms with Gasteiger partial charge < -0.3 is 4.57 Å². The minimum absolute atomic E-state index is 1.18. The highest BCUT2D eigenvalue weighted by Crippen LogP contribution is 2.41. The zero-order valence-electron chi connectivity index (χ0n) is 34.3. The molecule has 0 aliphatic heterocycles. The first kappa shape index (κ1) is 37.2. The minimum atomic E-state index is -3.18. The summed E-state index contributed by atoms with van der Waals surface area (Å²) in [5.41, 5.74) is 13.1. The fourth-order valence-corrected chi connectivity index (χ4v) is 14.6. The van der Waals surface area contributed by atoms with Crippen molar-refractivity contribution in [2.75, 3.05) is 0 Å². The molecule has 0 radical (unpaired) electrons. The van der Waals surface area contributed by atoms with Crippen LogP contribution in [0.1, 0.15) is 0 Å². The van der Waals surface area contributed by atoms with Crippen LogP contribution in [0.15, 0.2) is 261 Å². The molecule has 0 saturated carbocycles. The molecule has 0 aliphatic rings. The fraction of sp³-hybridized carbons (Fsp3) is 0. The Morgan fingerprint density at radius 2 is 0.565 bits per heavy atom. The van der Waals surface area contributed by atoms with Crippen LogP contribution in [0.25, 0.3) is 72.0 Å². The summed E-state index contributed by atoms with van der Waals surface area (Å²) in [6, 6.07) is 96.8. The summed E-state index contributed by atoms with van der Waals surface area (Å²) in [6.07, 6.45) is 0. The van der Waals surface area contributed by atoms with Gasteiger partial charge in [-0.05, 0) is 72.3 Å². The molecule has 0 spiro atoms. The second-order valence-electron chi connectivity index (χ2n) is 16.0. The molecule has 0 atom stereocenters. The highest BCUT2D eigenvalue weighted by Gasteiger charge is 2.43. The molecule has 0 amide bonds. The normalized spacial score (nSPS) is 11.5. The van der Waals surface area contributed by atoms with E-state index in [0.717, 1.165) is 0 Å². The fourth-order valence-electron chi connectivity index (χ4n) is 9.75. The number of aromatic nitrogens is 1. The van der Waals surface area contributed by atoms with Crippen molar-refractivity contribution in [3.63, 3.8) is 0 Å². The van der Waals surface area contributed by atoms with E-state index in [0.29, 0.717) is 0 Å². The largest absolute Gasteiger partial charge is 0.308 e. The van der Waals surface area contributed by atoms with E-state index in [9.17, 15) is 0 Å². The highest BCUT2D eigenvalue weighted by molar-refractivity contribution is 7.20. The van der Waals surface area contributed by atoms with E-state index in [4.69, 9.17) is 0 Å². The molecule has 11 aromatic rings. The van der Waals surface area contributed by atoms with Gasteiger partial charge >= 0.3 is 0 Å². The van der Waals surface area contributed by atoms with Gasteiger partial charge in [0, 0.05) is 21.9 Å². The van der Waals surface area contributed by atoms with Crippen molar-refractivity contribution in [2.24, 2.45) is 0 Å². The van der Waals surface area contributed by atoms with Crippen LogP contribution in [0.2, 0.25) is 0 Å². The Balaban J connectivity index is 1.34. The molecule has 0 saturated heterocycles. The van der Waals surface area contributed by atoms with Gasteiger partial charge in [0.1, 0.15) is 0 Å². The van der Waals surface area contributed by atoms with Gasteiger partial charge in [-0.25, -0.2) is 0 Å². The average molecular weight is 806 g/mol. The maximum atomic E-state index is 2.56. The van der Waals surface area contributed by atoms with Crippen molar-refractivity contribution in [3.05, 3.63) is 261 Å². The van der Waals surface area contributed by atoms with E-state index < -0.39 is 8.07 Å². The predicted molar refractivity (Wildman–Crippen MR) is 266 cm³/mol. The van der Waals surface area contributed by atoms with E-state index in [1.54, 1.807) is 0 Å². The Bertz CT molecular complexity index is 3090. The number of hydrogen-bond acceptors (Lipinski definition) is 0. The van der Waals surface area contributed by atoms with Crippen LogP contribution in [0.4, 0.5) is 0 Å². The molecule has 11 rings (SSSR count). The maximum absolute atomic E-state index is 3.18. The molecular weight excluding hydrogens is 763 g/mol. The van der Waals surface area contributed by atoms with Gasteiger partial charge in [0.15, 0.2) is 8.07 Å². The molecule has 0 unspecified atom stereocenters. The Hall–Kier alpha value is -7.78. The molecule has 1 nitrogen and oxygen atoms in total. The van der Waals surface area contributed by atoms with Crippen molar-refractivity contribution in [2.45, 2.75) is 0 Å². The third-order valence-electron chi connectivity index (χ3n) is 12.5. The third-order valence-corrected chi connectivity index (χ3v) is 17.2. The summed E-state index contributed by atoms with van der Waals surface area (Å²) < 4.78 is 2.52. The van der Waals surface area contributed by atoms with Crippen molar-refractivity contribution >= 4 is 50.6 Å². The number of benzene rings is 10. The number of para-hydroxylation sites is 2. The number of nitrogens with zero attached hydrogens (tertiary/aromatic N) is 1. The van der Waals surface area contributed by atoms with Crippen LogP contribution in [-0.2, 0) is 0 Å². The SMILES string of the molecule is c1ccc(-c2cc(-c3ccccc3)cc([Si](c3ccccc3)(c3ccccc3)c3cc(-c4ccccc4)c(-n4c5ccccc5c5ccccc54)c(-c4ccccc4)c3)c2)cc1. The Labute approximate surface area is 364 Å². The number of hydrogen-bond donors (Lipinski definition) is 0. The van der Waals surface area contributed by atoms with Crippen LogP contribution >= 0.6 is 0 Å². The molecule has 292 valence electrons. The van der Waals surface area contributed by atoms with E-state index in [1.165, 1.54) is 92.7 Å². The van der Waals surface area contributed by atoms with E-state index in [2.05, 4.69) is 265 Å². The summed E-state index contributed by atoms with van der Waals surface area (Å²) in [5.74, 6) is 0. The monoisotopic (exact) mass is 805 g/mol. The van der Waals surface area contributed by atoms with Crippen LogP contribution < -0.4 is 20.7 Å². The van der Waals surface area contributed by atoms with Gasteiger partial charge in [0.25, 0.3) is 0 Å². The third kappa shape index (κ3) is 6.41. The van der Waals surface area contributed by atoms with Crippen molar-refractivity contribution < 1.29 is 0 Å². The van der Waals surface area contributed by atoms with Crippen molar-refractivity contribution in [1.82, 2.24) is 4.57 Å². The molecule has 2 heteroatoms. The van der Waals surface area contributed by atoms with Gasteiger partial charge in [-0.3, -0.25) is 0 Å². The molecule has 0 aliphatic carbocycles. The lowest BCUT2D eigenvalue weighted by atomic mass is 9.95. The van der Waals surface area contributed by atoms with Gasteiger partial charge in [-0.2, -0.15) is 0 Å². The van der Waals surface area contributed by atoms with Gasteiger partial charge in [-0.1, -0.05) is 243 Å². The Morgan fingerprint density at radius 3 is 0.968 bits per heavy atom. The standard InChI is InChI=1S/C60H43NSi/c1-7-23-44(24-8-1)48-39-49(45-25-9-2-10-26-45)41-52(40-48)62(50-31-15-5-16-32-50,51-33-17-6-18-34-51)53-42-56(46-27-11-3-12-28-46)60(57(43-53)47-29-13-4-14-30-47)61-58-37-21-19-35-54(58)55-36-20-22-38-59(55)61/h1-43H. The Morgan fingerprint density at radius 1 is 0.242 bits per heavy atom. The summed E-state index contributed by atoms with van der Waals surface area (Å²) in [6.45, 7) is 0. The summed E-state index contributed by atoms with van der Waals surface area (Å²) >= 11 is 0. The van der Waals surface area contributed by atoms with E-state index in [-0.39, 0.29) is 0 Å². The second-order valence-corrected chi connectivity index (χ2v) is 19.8. The summed E-state index contributed by atoms with van der Waals surface area (Å²) in [5, 5.41) is 7.80. The molecule has 10 aromatic carbocycles. The van der Waals surface area contributed by atoms with Crippen LogP contribution in [0, 0.1) is 0 Å². The molecule has 62 heavy (non-hydrogen) atoms. The lowest BCUT2D eigenvalue weighted by Crippen LogP contribution is -2.74. The zero-order chi connectivity index (χ0) is 41.3. The summed E-state index contributed by atoms with van der Waals surface area (Å²) in [7, 11) is -3.18. The molecule has 1 heterocycles. The smallest absolute Gasteiger partial charge is 0.179 e. The minimum Gasteiger partial charge on any atom is -0.308 e. The molecule has 0 N–H and O–H groups in total. The van der Waals surface area contributed by atoms with Crippen LogP contribution in [0.3, 0.4) is 0 Å². The first-order valence-electron chi connectivity index (χ1n) is 21.4. The van der Waals surface area contributed by atoms with Crippen LogP contribution in [0.5, 0.6) is 0 Å². The molecule has 1 aromatic heterocycles. The van der Waals surface area contributed by atoms with E-state index >= 15 is 0 Å². The number of rotatable bonds is 9. The van der Waals surface area contributed by atoms with E-state index in [1.807, 2.05) is 0 Å². The lowest BCUT2D eigenvalue weighted by molar-refractivity contribution is 1.18. The second kappa shape index (κ2) is 16.0. The lowest BCUT2D eigenvalue weighted by Gasteiger charge is -2.36. The molecule has 0 fully saturated rings. The van der Waals surface area contributed by atoms with Crippen molar-refractivity contribution in [3.8, 4) is 50.2 Å².